The largest absolute Gasteiger partial charge is 0.476 e. The summed E-state index contributed by atoms with van der Waals surface area (Å²) in [4.78, 5) is 0. The Morgan fingerprint density at radius 3 is 2.17 bits per heavy atom. The summed E-state index contributed by atoms with van der Waals surface area (Å²) in [5.74, 6) is -0.622. The molecule has 2 heterocycles. The van der Waals surface area contributed by atoms with E-state index in [0.29, 0.717) is 0 Å². The normalized spacial score (nSPS) is 29.4. The molecule has 6 atom stereocenters. The van der Waals surface area contributed by atoms with Crippen LogP contribution in [0.25, 0.3) is 0 Å². The molecule has 0 aromatic rings. The second kappa shape index (κ2) is 17.5. The molecule has 0 aliphatic carbocycles. The molecule has 0 aromatic heterocycles. The molecule has 2 fully saturated rings. The maximum Gasteiger partial charge on any atom is 0.188 e. The zero-order valence-electron chi connectivity index (χ0n) is 23.2. The highest BCUT2D eigenvalue weighted by Crippen LogP contribution is 2.43. The molecule has 2 aliphatic heterocycles. The van der Waals surface area contributed by atoms with E-state index in [-0.39, 0.29) is 110 Å². The number of hydrogen-bond acceptors (Lipinski definition) is 13. The Labute approximate surface area is 235 Å². The van der Waals surface area contributed by atoms with Crippen LogP contribution in [0.5, 0.6) is 0 Å². The van der Waals surface area contributed by atoms with Crippen molar-refractivity contribution in [3.8, 4) is 0 Å². The van der Waals surface area contributed by atoms with Crippen molar-refractivity contribution >= 4 is 0 Å². The van der Waals surface area contributed by atoms with Gasteiger partial charge < -0.3 is 68.3 Å². The molecule has 0 spiro atoms. The van der Waals surface area contributed by atoms with Gasteiger partial charge in [-0.3, -0.25) is 0 Å². The fourth-order valence-electron chi connectivity index (χ4n) is 5.45. The van der Waals surface area contributed by atoms with Crippen LogP contribution in [-0.4, -0.2) is 164 Å². The van der Waals surface area contributed by atoms with Crippen molar-refractivity contribution in [1.29, 1.82) is 0 Å². The van der Waals surface area contributed by atoms with Gasteiger partial charge in [0, 0.05) is 12.3 Å². The fourth-order valence-corrected chi connectivity index (χ4v) is 5.45. The number of hydrogen-bond donors (Lipinski definition) is 6. The molecule has 0 saturated carbocycles. The molecule has 2 saturated heterocycles. The number of ether oxygens (including phenoxy) is 7. The zero-order chi connectivity index (χ0) is 29.5. The first kappa shape index (κ1) is 34.8. The summed E-state index contributed by atoms with van der Waals surface area (Å²) in [6.07, 6.45) is -0.0505. The van der Waals surface area contributed by atoms with Gasteiger partial charge in [0.2, 0.25) is 0 Å². The number of nitrogens with zero attached hydrogens (tertiary/aromatic N) is 1. The van der Waals surface area contributed by atoms with Gasteiger partial charge in [-0.2, -0.15) is 0 Å². The van der Waals surface area contributed by atoms with E-state index in [1.54, 1.807) is 0 Å². The average Bonchev–Trinajstić information content (AvgIpc) is 3.46. The number of quaternary nitrogens is 1. The van der Waals surface area contributed by atoms with Crippen molar-refractivity contribution in [2.45, 2.75) is 35.9 Å². The monoisotopic (exact) mass is 582 g/mol. The first-order valence-electron chi connectivity index (χ1n) is 13.4. The SMILES string of the molecule is C=COCOCC1C(O)COC1(COCC(O)C[N+](CCO)(CCO)CCO)C1CC(O)(COCOC=C)CO1. The number of rotatable bonds is 23. The predicted molar refractivity (Wildman–Crippen MR) is 140 cm³/mol. The highest BCUT2D eigenvalue weighted by atomic mass is 16.7. The van der Waals surface area contributed by atoms with Crippen LogP contribution in [0.1, 0.15) is 6.42 Å². The van der Waals surface area contributed by atoms with Crippen molar-refractivity contribution < 1.29 is 68.3 Å². The van der Waals surface area contributed by atoms with E-state index in [1.807, 2.05) is 0 Å². The summed E-state index contributed by atoms with van der Waals surface area (Å²) in [5.41, 5.74) is -2.57. The van der Waals surface area contributed by atoms with E-state index >= 15 is 0 Å². The third-order valence-corrected chi connectivity index (χ3v) is 7.44. The first-order chi connectivity index (χ1) is 19.2. The van der Waals surface area contributed by atoms with Gasteiger partial charge in [0.1, 0.15) is 43.5 Å². The van der Waals surface area contributed by atoms with Crippen LogP contribution in [0, 0.1) is 5.92 Å². The minimum atomic E-state index is -1.34. The lowest BCUT2D eigenvalue weighted by atomic mass is 9.79. The third kappa shape index (κ3) is 9.86. The molecule has 0 aromatic carbocycles. The van der Waals surface area contributed by atoms with E-state index < -0.39 is 35.4 Å². The maximum atomic E-state index is 11.1. The summed E-state index contributed by atoms with van der Waals surface area (Å²) in [6.45, 7) is 6.76. The van der Waals surface area contributed by atoms with Gasteiger partial charge in [0.15, 0.2) is 13.6 Å². The Bertz CT molecular complexity index is 714. The summed E-state index contributed by atoms with van der Waals surface area (Å²) < 4.78 is 39.1. The molecule has 2 aliphatic rings. The minimum absolute atomic E-state index is 0.0201. The van der Waals surface area contributed by atoms with E-state index in [9.17, 15) is 30.6 Å². The third-order valence-electron chi connectivity index (χ3n) is 7.44. The topological polar surface area (TPSA) is 186 Å². The highest BCUT2D eigenvalue weighted by Gasteiger charge is 2.59. The first-order valence-corrected chi connectivity index (χ1v) is 13.4. The average molecular weight is 583 g/mol. The molecular formula is C26H48NO13+. The van der Waals surface area contributed by atoms with Crippen LogP contribution in [0.15, 0.2) is 25.7 Å². The van der Waals surface area contributed by atoms with Crippen LogP contribution in [0.2, 0.25) is 0 Å². The standard InChI is InChI=1S/C26H48NO13/c1-3-34-19-37-14-22-23(32)15-40-26(22,24-11-25(33,17-39-24)16-38-20-35-4-2)18-36-13-21(31)12-27(5-8-28,6-9-29)7-10-30/h3-4,21-24,28-33H,1-2,5-20H2/q+1. The van der Waals surface area contributed by atoms with Crippen molar-refractivity contribution in [2.75, 3.05) is 99.2 Å². The fraction of sp³-hybridized carbons (Fsp3) is 0.846. The number of aliphatic hydroxyl groups is 6. The Balaban J connectivity index is 2.13. The van der Waals surface area contributed by atoms with Gasteiger partial charge in [0.25, 0.3) is 0 Å². The van der Waals surface area contributed by atoms with Crippen LogP contribution < -0.4 is 0 Å². The van der Waals surface area contributed by atoms with Crippen LogP contribution >= 0.6 is 0 Å². The lowest BCUT2D eigenvalue weighted by Crippen LogP contribution is -2.58. The second-order valence-electron chi connectivity index (χ2n) is 10.3. The summed E-state index contributed by atoms with van der Waals surface area (Å²) in [5, 5.41) is 61.2. The molecule has 14 heteroatoms. The molecule has 0 bridgehead atoms. The van der Waals surface area contributed by atoms with Crippen molar-refractivity contribution in [3.63, 3.8) is 0 Å². The van der Waals surface area contributed by atoms with Crippen molar-refractivity contribution in [1.82, 2.24) is 0 Å². The smallest absolute Gasteiger partial charge is 0.188 e. The molecular weight excluding hydrogens is 534 g/mol. The van der Waals surface area contributed by atoms with E-state index in [1.165, 1.54) is 12.5 Å². The second-order valence-corrected chi connectivity index (χ2v) is 10.3. The molecule has 14 nitrogen and oxygen atoms in total. The van der Waals surface area contributed by atoms with E-state index in [2.05, 4.69) is 13.2 Å². The summed E-state index contributed by atoms with van der Waals surface area (Å²) in [7, 11) is 0. The Kier molecular flexibility index (Phi) is 15.3. The van der Waals surface area contributed by atoms with Crippen molar-refractivity contribution in [3.05, 3.63) is 25.7 Å². The molecule has 0 radical (unpaired) electrons. The predicted octanol–water partition coefficient (Wildman–Crippen LogP) is -2.31. The maximum absolute atomic E-state index is 11.1. The molecule has 40 heavy (non-hydrogen) atoms. The Morgan fingerprint density at radius 2 is 1.57 bits per heavy atom. The van der Waals surface area contributed by atoms with Crippen molar-refractivity contribution in [2.24, 2.45) is 5.92 Å². The number of aliphatic hydroxyl groups excluding tert-OH is 5. The highest BCUT2D eigenvalue weighted by molar-refractivity contribution is 5.07. The molecule has 6 unspecified atom stereocenters. The molecule has 234 valence electrons. The minimum Gasteiger partial charge on any atom is -0.476 e. The molecule has 0 amide bonds. The van der Waals surface area contributed by atoms with Gasteiger partial charge in [-0.15, -0.1) is 0 Å². The summed E-state index contributed by atoms with van der Waals surface area (Å²) >= 11 is 0. The molecule has 6 N–H and O–H groups in total. The van der Waals surface area contributed by atoms with Gasteiger partial charge >= 0.3 is 0 Å². The van der Waals surface area contributed by atoms with Gasteiger partial charge in [0.05, 0.1) is 84.2 Å². The Morgan fingerprint density at radius 1 is 0.950 bits per heavy atom. The molecule has 2 rings (SSSR count). The van der Waals surface area contributed by atoms with Gasteiger partial charge in [-0.05, 0) is 0 Å². The van der Waals surface area contributed by atoms with Crippen LogP contribution in [0.3, 0.4) is 0 Å². The van der Waals surface area contributed by atoms with Crippen LogP contribution in [0.4, 0.5) is 0 Å². The van der Waals surface area contributed by atoms with Gasteiger partial charge in [-0.1, -0.05) is 13.2 Å². The van der Waals surface area contributed by atoms with Gasteiger partial charge in [-0.25, -0.2) is 0 Å². The van der Waals surface area contributed by atoms with E-state index in [0.717, 1.165) is 0 Å². The zero-order valence-corrected chi connectivity index (χ0v) is 23.2. The lowest BCUT2D eigenvalue weighted by molar-refractivity contribution is -0.931. The summed E-state index contributed by atoms with van der Waals surface area (Å²) in [6, 6.07) is 0. The quantitative estimate of drug-likeness (QED) is 0.0327. The Hall–Kier alpha value is -1.40. The van der Waals surface area contributed by atoms with Crippen LogP contribution in [-0.2, 0) is 33.2 Å². The lowest BCUT2D eigenvalue weighted by Gasteiger charge is -2.40. The van der Waals surface area contributed by atoms with E-state index in [4.69, 9.17) is 33.2 Å².